The molecule has 0 saturated heterocycles. The Balaban J connectivity index is 0.00000106. The Hall–Kier alpha value is -3.46. The van der Waals surface area contributed by atoms with E-state index in [4.69, 9.17) is 0 Å². The van der Waals surface area contributed by atoms with E-state index in [1.165, 1.54) is 21.5 Å². The molecule has 0 fully saturated rings. The minimum atomic E-state index is 0.884. The summed E-state index contributed by atoms with van der Waals surface area (Å²) >= 11 is 1.61. The molecule has 0 bridgehead atoms. The molecule has 7 aromatic rings. The van der Waals surface area contributed by atoms with Gasteiger partial charge in [-0.15, -0.1) is 16.8 Å². The molecule has 0 saturated carbocycles. The molecule has 0 spiro atoms. The number of rotatable bonds is 2. The van der Waals surface area contributed by atoms with E-state index >= 15 is 0 Å². The van der Waals surface area contributed by atoms with Crippen LogP contribution >= 0.6 is 9.42 Å². The van der Waals surface area contributed by atoms with Gasteiger partial charge >= 0.3 is 28.2 Å². The van der Waals surface area contributed by atoms with Crippen LogP contribution in [0.1, 0.15) is 0 Å². The van der Waals surface area contributed by atoms with Gasteiger partial charge in [0.2, 0.25) is 0 Å². The SMILES string of the molecule is [Cl][Pt+].[c-]1c2c(cc3c4ccccc4n(-c4ccccn4)c13)c1ccccc1n2-c1ccccn1. The zero-order valence-electron chi connectivity index (χ0n) is 17.8. The summed E-state index contributed by atoms with van der Waals surface area (Å²) in [5.74, 6) is 1.77. The number of fused-ring (bicyclic) bond motifs is 6. The van der Waals surface area contributed by atoms with Crippen molar-refractivity contribution < 1.29 is 18.8 Å². The van der Waals surface area contributed by atoms with Crippen molar-refractivity contribution in [2.75, 3.05) is 0 Å². The normalized spacial score (nSPS) is 11.3. The molecule has 0 aliphatic heterocycles. The molecule has 34 heavy (non-hydrogen) atoms. The third-order valence-corrected chi connectivity index (χ3v) is 6.11. The minimum Gasteiger partial charge on any atom is -0.319 e. The Labute approximate surface area is 211 Å². The van der Waals surface area contributed by atoms with Crippen molar-refractivity contribution in [2.45, 2.75) is 0 Å². The molecule has 6 heteroatoms. The molecule has 4 heterocycles. The van der Waals surface area contributed by atoms with Crippen LogP contribution < -0.4 is 0 Å². The van der Waals surface area contributed by atoms with Crippen LogP contribution in [0, 0.1) is 6.07 Å². The number of aromatic nitrogens is 4. The molecule has 0 radical (unpaired) electrons. The molecule has 0 unspecified atom stereocenters. The molecule has 166 valence electrons. The van der Waals surface area contributed by atoms with Crippen molar-refractivity contribution in [1.82, 2.24) is 19.1 Å². The Kier molecular flexibility index (Phi) is 5.41. The fourth-order valence-electron chi connectivity index (χ4n) is 4.77. The van der Waals surface area contributed by atoms with Gasteiger partial charge in [0.05, 0.1) is 0 Å². The maximum Gasteiger partial charge on any atom is 0.135 e. The summed E-state index contributed by atoms with van der Waals surface area (Å²) in [5, 5.41) is 4.73. The van der Waals surface area contributed by atoms with Gasteiger partial charge in [-0.05, 0) is 47.2 Å². The zero-order chi connectivity index (χ0) is 23.1. The Morgan fingerprint density at radius 3 is 1.44 bits per heavy atom. The standard InChI is InChI=1S/C28H17N4.ClH.Pt/c1-3-11-23-19(9-1)21-17-22-20-10-2-4-12-24(20)32(28-14-6-8-16-30-28)26(22)18-25(21)31(23)27-13-5-7-15-29-27;;/h1-17H;1H;/q-1;;+2/p-1. The van der Waals surface area contributed by atoms with E-state index in [1.54, 1.807) is 18.8 Å². The van der Waals surface area contributed by atoms with Gasteiger partial charge in [0, 0.05) is 23.4 Å². The average Bonchev–Trinajstić information content (AvgIpc) is 3.42. The summed E-state index contributed by atoms with van der Waals surface area (Å²) in [5.41, 5.74) is 4.27. The van der Waals surface area contributed by atoms with Crippen molar-refractivity contribution >= 4 is 53.0 Å². The first kappa shape index (κ1) is 21.1. The van der Waals surface area contributed by atoms with Gasteiger partial charge < -0.3 is 9.13 Å². The first-order valence-electron chi connectivity index (χ1n) is 10.7. The van der Waals surface area contributed by atoms with Crippen LogP contribution in [-0.2, 0) is 18.8 Å². The second-order valence-corrected chi connectivity index (χ2v) is 7.87. The number of nitrogens with zero attached hydrogens (tertiary/aromatic N) is 4. The van der Waals surface area contributed by atoms with Crippen molar-refractivity contribution in [3.63, 3.8) is 0 Å². The summed E-state index contributed by atoms with van der Waals surface area (Å²) in [6.07, 6.45) is 3.67. The van der Waals surface area contributed by atoms with Crippen LogP contribution in [0.25, 0.3) is 55.2 Å². The van der Waals surface area contributed by atoms with E-state index < -0.39 is 0 Å². The molecular formula is C28H17ClN4Pt. The van der Waals surface area contributed by atoms with Gasteiger partial charge in [0.15, 0.2) is 0 Å². The predicted octanol–water partition coefficient (Wildman–Crippen LogP) is 7.16. The molecule has 7 rings (SSSR count). The maximum absolute atomic E-state index is 4.65. The molecule has 4 nitrogen and oxygen atoms in total. The average molecular weight is 640 g/mol. The molecule has 0 amide bonds. The van der Waals surface area contributed by atoms with Crippen molar-refractivity contribution in [3.8, 4) is 11.6 Å². The van der Waals surface area contributed by atoms with Gasteiger partial charge in [-0.3, -0.25) is 0 Å². The van der Waals surface area contributed by atoms with Gasteiger partial charge in [0.1, 0.15) is 11.6 Å². The summed E-state index contributed by atoms with van der Waals surface area (Å²) < 4.78 is 4.40. The van der Waals surface area contributed by atoms with Gasteiger partial charge in [0.25, 0.3) is 0 Å². The van der Waals surface area contributed by atoms with E-state index in [0.29, 0.717) is 0 Å². The summed E-state index contributed by atoms with van der Waals surface area (Å²) in [7, 11) is 4.61. The topological polar surface area (TPSA) is 35.6 Å². The van der Waals surface area contributed by atoms with Crippen LogP contribution in [0.5, 0.6) is 0 Å². The van der Waals surface area contributed by atoms with E-state index in [1.807, 2.05) is 48.8 Å². The summed E-state index contributed by atoms with van der Waals surface area (Å²) in [4.78, 5) is 9.30. The van der Waals surface area contributed by atoms with Crippen LogP contribution in [0.3, 0.4) is 0 Å². The first-order chi connectivity index (χ1) is 16.9. The number of halogens is 1. The minimum absolute atomic E-state index is 0.884. The second kappa shape index (κ2) is 8.72. The Bertz CT molecular complexity index is 1640. The van der Waals surface area contributed by atoms with Gasteiger partial charge in [-0.1, -0.05) is 59.6 Å². The smallest absolute Gasteiger partial charge is 0.135 e. The number of hydrogen-bond donors (Lipinski definition) is 0. The second-order valence-electron chi connectivity index (χ2n) is 7.87. The summed E-state index contributed by atoms with van der Waals surface area (Å²) in [6, 6.07) is 35.0. The van der Waals surface area contributed by atoms with Gasteiger partial charge in [-0.2, -0.15) is 6.07 Å². The number of para-hydroxylation sites is 2. The van der Waals surface area contributed by atoms with Crippen molar-refractivity contribution in [1.29, 1.82) is 0 Å². The molecule has 0 aliphatic carbocycles. The van der Waals surface area contributed by atoms with Crippen LogP contribution in [-0.4, -0.2) is 19.1 Å². The Morgan fingerprint density at radius 2 is 1.00 bits per heavy atom. The van der Waals surface area contributed by atoms with E-state index in [-0.39, 0.29) is 0 Å². The third-order valence-electron chi connectivity index (χ3n) is 6.11. The van der Waals surface area contributed by atoms with E-state index in [9.17, 15) is 0 Å². The number of pyridine rings is 2. The maximum atomic E-state index is 4.65. The largest absolute Gasteiger partial charge is 0.319 e. The molecule has 0 atom stereocenters. The van der Waals surface area contributed by atoms with Crippen LogP contribution in [0.4, 0.5) is 0 Å². The third kappa shape index (κ3) is 3.18. The molecule has 0 aliphatic rings. The van der Waals surface area contributed by atoms with Gasteiger partial charge in [-0.25, -0.2) is 9.97 Å². The van der Waals surface area contributed by atoms with Crippen molar-refractivity contribution in [2.24, 2.45) is 0 Å². The zero-order valence-corrected chi connectivity index (χ0v) is 20.8. The Morgan fingerprint density at radius 1 is 0.559 bits per heavy atom. The quantitative estimate of drug-likeness (QED) is 0.188. The number of hydrogen-bond acceptors (Lipinski definition) is 2. The monoisotopic (exact) mass is 639 g/mol. The fourth-order valence-corrected chi connectivity index (χ4v) is 4.77. The van der Waals surface area contributed by atoms with Crippen LogP contribution in [0.15, 0.2) is 103 Å². The molecule has 3 aromatic carbocycles. The molecular weight excluding hydrogens is 623 g/mol. The first-order valence-corrected chi connectivity index (χ1v) is 13.5. The summed E-state index contributed by atoms with van der Waals surface area (Å²) in [6.45, 7) is 0. The van der Waals surface area contributed by atoms with Crippen LogP contribution in [0.2, 0.25) is 0 Å². The van der Waals surface area contributed by atoms with E-state index in [0.717, 1.165) is 33.7 Å². The van der Waals surface area contributed by atoms with Crippen molar-refractivity contribution in [3.05, 3.63) is 109 Å². The van der Waals surface area contributed by atoms with E-state index in [2.05, 4.69) is 89.2 Å². The molecule has 4 aromatic heterocycles. The number of benzene rings is 3. The molecule has 0 N–H and O–H groups in total. The fraction of sp³-hybridized carbons (Fsp3) is 0. The predicted molar refractivity (Wildman–Crippen MR) is 135 cm³/mol.